The van der Waals surface area contributed by atoms with Crippen molar-refractivity contribution in [2.24, 2.45) is 0 Å². The predicted octanol–water partition coefficient (Wildman–Crippen LogP) is 1.60. The second-order valence-electron chi connectivity index (χ2n) is 4.77. The molecule has 1 aromatic rings. The summed E-state index contributed by atoms with van der Waals surface area (Å²) in [7, 11) is 0. The number of rotatable bonds is 7. The van der Waals surface area contributed by atoms with Crippen molar-refractivity contribution in [2.45, 2.75) is 30.7 Å². The Bertz CT molecular complexity index is 339. The number of benzene rings is 1. The Morgan fingerprint density at radius 3 is 2.44 bits per heavy atom. The minimum Gasteiger partial charge on any atom is -0.395 e. The van der Waals surface area contributed by atoms with E-state index in [4.69, 9.17) is 0 Å². The average Bonchev–Trinajstić information content (AvgIpc) is 2.39. The molecular formula is C14H23NO2S. The lowest BCUT2D eigenvalue weighted by molar-refractivity contribution is 0.0537. The molecule has 3 atom stereocenters. The van der Waals surface area contributed by atoms with Crippen LogP contribution in [-0.4, -0.2) is 40.9 Å². The standard InChI is InChI=1S/C14H23NO2S/c1-11(13(9-16)18-3)15-10-14(2,17)12-7-5-4-6-8-12/h4-8,11,13,15-17H,9-10H2,1-3H3. The summed E-state index contributed by atoms with van der Waals surface area (Å²) in [6.07, 6.45) is 1.98. The molecule has 0 aliphatic rings. The van der Waals surface area contributed by atoms with Crippen LogP contribution in [0.2, 0.25) is 0 Å². The van der Waals surface area contributed by atoms with Crippen molar-refractivity contribution >= 4 is 11.8 Å². The highest BCUT2D eigenvalue weighted by atomic mass is 32.2. The second-order valence-corrected chi connectivity index (χ2v) is 5.84. The summed E-state index contributed by atoms with van der Waals surface area (Å²) in [6, 6.07) is 9.78. The Labute approximate surface area is 114 Å². The predicted molar refractivity (Wildman–Crippen MR) is 77.9 cm³/mol. The van der Waals surface area contributed by atoms with Crippen molar-refractivity contribution in [3.05, 3.63) is 35.9 Å². The fraction of sp³-hybridized carbons (Fsp3) is 0.571. The molecule has 3 N–H and O–H groups in total. The van der Waals surface area contributed by atoms with E-state index in [1.165, 1.54) is 0 Å². The van der Waals surface area contributed by atoms with E-state index in [0.717, 1.165) is 5.56 Å². The zero-order valence-corrected chi connectivity index (χ0v) is 12.1. The van der Waals surface area contributed by atoms with Gasteiger partial charge in [-0.2, -0.15) is 11.8 Å². The smallest absolute Gasteiger partial charge is 0.0992 e. The highest BCUT2D eigenvalue weighted by molar-refractivity contribution is 7.99. The molecule has 0 heterocycles. The number of nitrogens with one attached hydrogen (secondary N) is 1. The van der Waals surface area contributed by atoms with Gasteiger partial charge in [0.15, 0.2) is 0 Å². The molecule has 1 rings (SSSR count). The fourth-order valence-electron chi connectivity index (χ4n) is 1.83. The van der Waals surface area contributed by atoms with Crippen LogP contribution in [0.15, 0.2) is 30.3 Å². The van der Waals surface area contributed by atoms with Crippen LogP contribution in [0.3, 0.4) is 0 Å². The summed E-state index contributed by atoms with van der Waals surface area (Å²) in [6.45, 7) is 4.44. The van der Waals surface area contributed by atoms with Crippen LogP contribution in [-0.2, 0) is 5.60 Å². The minimum absolute atomic E-state index is 0.142. The number of hydrogen-bond donors (Lipinski definition) is 3. The van der Waals surface area contributed by atoms with Crippen LogP contribution in [0.25, 0.3) is 0 Å². The summed E-state index contributed by atoms with van der Waals surface area (Å²) in [5.74, 6) is 0. The van der Waals surface area contributed by atoms with Crippen LogP contribution in [0.5, 0.6) is 0 Å². The lowest BCUT2D eigenvalue weighted by atomic mass is 9.96. The Kier molecular flexibility index (Phi) is 6.15. The van der Waals surface area contributed by atoms with E-state index in [2.05, 4.69) is 5.32 Å². The Balaban J connectivity index is 2.57. The lowest BCUT2D eigenvalue weighted by Gasteiger charge is -2.29. The quantitative estimate of drug-likeness (QED) is 0.704. The molecule has 18 heavy (non-hydrogen) atoms. The molecular weight excluding hydrogens is 246 g/mol. The molecule has 0 aliphatic carbocycles. The van der Waals surface area contributed by atoms with Gasteiger partial charge < -0.3 is 15.5 Å². The van der Waals surface area contributed by atoms with Crippen LogP contribution in [0.4, 0.5) is 0 Å². The van der Waals surface area contributed by atoms with Gasteiger partial charge in [0, 0.05) is 17.8 Å². The first-order valence-electron chi connectivity index (χ1n) is 6.16. The first-order valence-corrected chi connectivity index (χ1v) is 7.45. The maximum atomic E-state index is 10.4. The van der Waals surface area contributed by atoms with E-state index >= 15 is 0 Å². The number of aliphatic hydroxyl groups excluding tert-OH is 1. The van der Waals surface area contributed by atoms with Crippen molar-refractivity contribution in [3.8, 4) is 0 Å². The van der Waals surface area contributed by atoms with Crippen LogP contribution < -0.4 is 5.32 Å². The van der Waals surface area contributed by atoms with Gasteiger partial charge in [0.25, 0.3) is 0 Å². The lowest BCUT2D eigenvalue weighted by Crippen LogP contribution is -2.44. The SMILES string of the molecule is CSC(CO)C(C)NCC(C)(O)c1ccccc1. The molecule has 0 spiro atoms. The van der Waals surface area contributed by atoms with E-state index in [9.17, 15) is 10.2 Å². The average molecular weight is 269 g/mol. The summed E-state index contributed by atoms with van der Waals surface area (Å²) < 4.78 is 0. The molecule has 102 valence electrons. The summed E-state index contributed by atoms with van der Waals surface area (Å²) in [4.78, 5) is 0. The zero-order valence-electron chi connectivity index (χ0n) is 11.3. The third-order valence-electron chi connectivity index (χ3n) is 3.20. The molecule has 0 aromatic heterocycles. The van der Waals surface area contributed by atoms with Gasteiger partial charge in [0.1, 0.15) is 0 Å². The third-order valence-corrected chi connectivity index (χ3v) is 4.37. The van der Waals surface area contributed by atoms with Crippen LogP contribution >= 0.6 is 11.8 Å². The third kappa shape index (κ3) is 4.28. The Morgan fingerprint density at radius 2 is 1.94 bits per heavy atom. The number of thioether (sulfide) groups is 1. The Hall–Kier alpha value is -0.550. The molecule has 0 aliphatic heterocycles. The molecule has 0 bridgehead atoms. The van der Waals surface area contributed by atoms with E-state index in [1.807, 2.05) is 43.5 Å². The summed E-state index contributed by atoms with van der Waals surface area (Å²) >= 11 is 1.63. The van der Waals surface area contributed by atoms with Crippen molar-refractivity contribution in [1.82, 2.24) is 5.32 Å². The molecule has 3 unspecified atom stereocenters. The largest absolute Gasteiger partial charge is 0.395 e. The van der Waals surface area contributed by atoms with Crippen molar-refractivity contribution in [1.29, 1.82) is 0 Å². The molecule has 0 amide bonds. The van der Waals surface area contributed by atoms with Gasteiger partial charge in [0.05, 0.1) is 12.2 Å². The van der Waals surface area contributed by atoms with Gasteiger partial charge in [-0.05, 0) is 25.7 Å². The maximum Gasteiger partial charge on any atom is 0.0992 e. The van der Waals surface area contributed by atoms with Gasteiger partial charge in [0.2, 0.25) is 0 Å². The monoisotopic (exact) mass is 269 g/mol. The molecule has 0 saturated carbocycles. The first kappa shape index (κ1) is 15.5. The second kappa shape index (κ2) is 7.14. The highest BCUT2D eigenvalue weighted by Gasteiger charge is 2.24. The van der Waals surface area contributed by atoms with E-state index in [-0.39, 0.29) is 17.9 Å². The summed E-state index contributed by atoms with van der Waals surface area (Å²) in [5.41, 5.74) is 0.00269. The first-order chi connectivity index (χ1) is 8.51. The fourth-order valence-corrected chi connectivity index (χ4v) is 2.48. The van der Waals surface area contributed by atoms with Gasteiger partial charge in [-0.25, -0.2) is 0 Å². The molecule has 4 heteroatoms. The number of hydrogen-bond acceptors (Lipinski definition) is 4. The molecule has 0 saturated heterocycles. The van der Waals surface area contributed by atoms with Crippen LogP contribution in [0.1, 0.15) is 19.4 Å². The van der Waals surface area contributed by atoms with Gasteiger partial charge in [-0.1, -0.05) is 30.3 Å². The molecule has 0 radical (unpaired) electrons. The van der Waals surface area contributed by atoms with Crippen molar-refractivity contribution in [2.75, 3.05) is 19.4 Å². The minimum atomic E-state index is -0.895. The topological polar surface area (TPSA) is 52.5 Å². The van der Waals surface area contributed by atoms with E-state index in [0.29, 0.717) is 6.54 Å². The van der Waals surface area contributed by atoms with Gasteiger partial charge >= 0.3 is 0 Å². The molecule has 0 fully saturated rings. The summed E-state index contributed by atoms with van der Waals surface area (Å²) in [5, 5.41) is 23.1. The van der Waals surface area contributed by atoms with Gasteiger partial charge in [-0.3, -0.25) is 0 Å². The maximum absolute atomic E-state index is 10.4. The van der Waals surface area contributed by atoms with Crippen molar-refractivity contribution < 1.29 is 10.2 Å². The van der Waals surface area contributed by atoms with Gasteiger partial charge in [-0.15, -0.1) is 0 Å². The molecule has 3 nitrogen and oxygen atoms in total. The normalized spacial score (nSPS) is 18.1. The zero-order chi connectivity index (χ0) is 13.6. The van der Waals surface area contributed by atoms with E-state index in [1.54, 1.807) is 18.7 Å². The number of aliphatic hydroxyl groups is 2. The highest BCUT2D eigenvalue weighted by Crippen LogP contribution is 2.20. The van der Waals surface area contributed by atoms with Crippen molar-refractivity contribution in [3.63, 3.8) is 0 Å². The molecule has 1 aromatic carbocycles. The van der Waals surface area contributed by atoms with Crippen LogP contribution in [0, 0.1) is 0 Å². The Morgan fingerprint density at radius 1 is 1.33 bits per heavy atom. The van der Waals surface area contributed by atoms with E-state index < -0.39 is 5.60 Å².